The van der Waals surface area contributed by atoms with Crippen LogP contribution >= 0.6 is 11.6 Å². The number of para-hydroxylation sites is 1. The van der Waals surface area contributed by atoms with E-state index in [1.807, 2.05) is 32.0 Å². The van der Waals surface area contributed by atoms with Crippen LogP contribution in [0.3, 0.4) is 0 Å². The lowest BCUT2D eigenvalue weighted by Crippen LogP contribution is -2.14. The van der Waals surface area contributed by atoms with Crippen LogP contribution in [0, 0.1) is 0 Å². The normalized spacial score (nSPS) is 11.5. The Morgan fingerprint density at radius 3 is 2.74 bits per heavy atom. The molecule has 19 heavy (non-hydrogen) atoms. The third kappa shape index (κ3) is 5.13. The molecule has 0 aliphatic heterocycles. The van der Waals surface area contributed by atoms with Gasteiger partial charge in [-0.15, -0.1) is 0 Å². The molecule has 0 aromatic heterocycles. The molecule has 1 N–H and O–H groups in total. The maximum Gasteiger partial charge on any atom is 0.166 e. The van der Waals surface area contributed by atoms with Gasteiger partial charge in [0.15, 0.2) is 11.5 Å². The first kappa shape index (κ1) is 15.9. The summed E-state index contributed by atoms with van der Waals surface area (Å²) in [5.41, 5.74) is 3.60. The van der Waals surface area contributed by atoms with E-state index in [0.717, 1.165) is 35.7 Å². The van der Waals surface area contributed by atoms with Gasteiger partial charge in [0.25, 0.3) is 0 Å². The Hall–Kier alpha value is -1.19. The average molecular weight is 284 g/mol. The van der Waals surface area contributed by atoms with Crippen LogP contribution in [0.4, 0.5) is 0 Å². The van der Waals surface area contributed by atoms with Crippen molar-refractivity contribution in [2.24, 2.45) is 0 Å². The van der Waals surface area contributed by atoms with Gasteiger partial charge >= 0.3 is 0 Å². The standard InChI is InChI=1S/C15H22ClNO2/c1-4-17-10-13-7-6-8-14(18-5-2)15(13)19-11-12(3)9-16/h6-9,17H,4-5,10-11H2,1-3H3/b12-9+. The van der Waals surface area contributed by atoms with Crippen molar-refractivity contribution in [1.29, 1.82) is 0 Å². The molecule has 1 rings (SSSR count). The Morgan fingerprint density at radius 1 is 1.32 bits per heavy atom. The van der Waals surface area contributed by atoms with E-state index in [0.29, 0.717) is 13.2 Å². The molecule has 0 heterocycles. The zero-order valence-electron chi connectivity index (χ0n) is 11.8. The van der Waals surface area contributed by atoms with Crippen molar-refractivity contribution in [2.75, 3.05) is 19.8 Å². The molecule has 0 aliphatic rings. The molecule has 3 nitrogen and oxygen atoms in total. The van der Waals surface area contributed by atoms with E-state index in [4.69, 9.17) is 21.1 Å². The summed E-state index contributed by atoms with van der Waals surface area (Å²) in [6, 6.07) is 5.95. The minimum Gasteiger partial charge on any atom is -0.490 e. The summed E-state index contributed by atoms with van der Waals surface area (Å²) in [7, 11) is 0. The smallest absolute Gasteiger partial charge is 0.166 e. The molecule has 1 aromatic rings. The number of ether oxygens (including phenoxy) is 2. The maximum absolute atomic E-state index is 5.85. The van der Waals surface area contributed by atoms with Crippen LogP contribution in [0.25, 0.3) is 0 Å². The SMILES string of the molecule is CCNCc1cccc(OCC)c1OC/C(C)=C/Cl. The molecule has 0 atom stereocenters. The Labute approximate surface area is 120 Å². The average Bonchev–Trinajstić information content (AvgIpc) is 2.43. The van der Waals surface area contributed by atoms with Gasteiger partial charge in [-0.2, -0.15) is 0 Å². The minimum absolute atomic E-state index is 0.465. The van der Waals surface area contributed by atoms with Crippen LogP contribution in [0.5, 0.6) is 11.5 Å². The lowest BCUT2D eigenvalue weighted by Gasteiger charge is -2.16. The van der Waals surface area contributed by atoms with Gasteiger partial charge in [-0.05, 0) is 32.0 Å². The highest BCUT2D eigenvalue weighted by Gasteiger charge is 2.10. The van der Waals surface area contributed by atoms with Crippen LogP contribution in [0.15, 0.2) is 29.3 Å². The molecule has 0 radical (unpaired) electrons. The summed E-state index contributed by atoms with van der Waals surface area (Å²) >= 11 is 5.66. The topological polar surface area (TPSA) is 30.5 Å². The van der Waals surface area contributed by atoms with Gasteiger partial charge in [-0.3, -0.25) is 0 Å². The van der Waals surface area contributed by atoms with Gasteiger partial charge in [0.05, 0.1) is 6.61 Å². The summed E-state index contributed by atoms with van der Waals surface area (Å²) in [6.07, 6.45) is 0. The molecule has 0 aliphatic carbocycles. The van der Waals surface area contributed by atoms with E-state index in [2.05, 4.69) is 12.2 Å². The fourth-order valence-corrected chi connectivity index (χ4v) is 1.67. The van der Waals surface area contributed by atoms with Crippen LogP contribution in [0.2, 0.25) is 0 Å². The van der Waals surface area contributed by atoms with E-state index < -0.39 is 0 Å². The summed E-state index contributed by atoms with van der Waals surface area (Å²) in [6.45, 7) is 8.73. The van der Waals surface area contributed by atoms with Gasteiger partial charge in [0.2, 0.25) is 0 Å². The molecule has 0 saturated heterocycles. The molecule has 1 aromatic carbocycles. The second-order valence-corrected chi connectivity index (χ2v) is 4.42. The van der Waals surface area contributed by atoms with E-state index in [-0.39, 0.29) is 0 Å². The van der Waals surface area contributed by atoms with E-state index in [1.165, 1.54) is 5.54 Å². The second kappa shape index (κ2) is 8.83. The van der Waals surface area contributed by atoms with Crippen molar-refractivity contribution in [3.63, 3.8) is 0 Å². The molecule has 0 saturated carbocycles. The van der Waals surface area contributed by atoms with Crippen molar-refractivity contribution in [3.8, 4) is 11.5 Å². The Kier molecular flexibility index (Phi) is 7.38. The minimum atomic E-state index is 0.465. The van der Waals surface area contributed by atoms with Crippen molar-refractivity contribution in [1.82, 2.24) is 5.32 Å². The molecule has 0 amide bonds. The molecular formula is C15H22ClNO2. The number of nitrogens with one attached hydrogen (secondary N) is 1. The first-order valence-corrected chi connectivity index (χ1v) is 7.00. The molecule has 4 heteroatoms. The first-order valence-electron chi connectivity index (χ1n) is 6.56. The Balaban J connectivity index is 2.92. The van der Waals surface area contributed by atoms with Crippen LogP contribution in [-0.4, -0.2) is 19.8 Å². The third-order valence-corrected chi connectivity index (χ3v) is 2.93. The fraction of sp³-hybridized carbons (Fsp3) is 0.467. The molecular weight excluding hydrogens is 262 g/mol. The number of hydrogen-bond donors (Lipinski definition) is 1. The Bertz CT molecular complexity index is 419. The van der Waals surface area contributed by atoms with Gasteiger partial charge in [-0.25, -0.2) is 0 Å². The molecule has 0 fully saturated rings. The van der Waals surface area contributed by atoms with Crippen molar-refractivity contribution < 1.29 is 9.47 Å². The highest BCUT2D eigenvalue weighted by atomic mass is 35.5. The predicted molar refractivity (Wildman–Crippen MR) is 80.1 cm³/mol. The van der Waals surface area contributed by atoms with Crippen LogP contribution < -0.4 is 14.8 Å². The quantitative estimate of drug-likeness (QED) is 0.789. The maximum atomic E-state index is 5.85. The summed E-state index contributed by atoms with van der Waals surface area (Å²) < 4.78 is 11.5. The third-order valence-electron chi connectivity index (χ3n) is 2.56. The lowest BCUT2D eigenvalue weighted by molar-refractivity contribution is 0.290. The number of benzene rings is 1. The van der Waals surface area contributed by atoms with E-state index in [9.17, 15) is 0 Å². The monoisotopic (exact) mass is 283 g/mol. The zero-order chi connectivity index (χ0) is 14.1. The summed E-state index contributed by atoms with van der Waals surface area (Å²) in [4.78, 5) is 0. The van der Waals surface area contributed by atoms with E-state index in [1.54, 1.807) is 0 Å². The van der Waals surface area contributed by atoms with Gasteiger partial charge in [-0.1, -0.05) is 30.7 Å². The van der Waals surface area contributed by atoms with Gasteiger partial charge < -0.3 is 14.8 Å². The molecule has 106 valence electrons. The zero-order valence-corrected chi connectivity index (χ0v) is 12.6. The number of halogens is 1. The molecule has 0 spiro atoms. The lowest BCUT2D eigenvalue weighted by atomic mass is 10.2. The second-order valence-electron chi connectivity index (χ2n) is 4.20. The number of hydrogen-bond acceptors (Lipinski definition) is 3. The summed E-state index contributed by atoms with van der Waals surface area (Å²) in [5.74, 6) is 1.57. The van der Waals surface area contributed by atoms with Crippen molar-refractivity contribution in [3.05, 3.63) is 34.9 Å². The highest BCUT2D eigenvalue weighted by Crippen LogP contribution is 2.31. The first-order chi connectivity index (χ1) is 9.22. The van der Waals surface area contributed by atoms with E-state index >= 15 is 0 Å². The van der Waals surface area contributed by atoms with Crippen molar-refractivity contribution in [2.45, 2.75) is 27.3 Å². The van der Waals surface area contributed by atoms with Gasteiger partial charge in [0, 0.05) is 17.6 Å². The molecule has 0 bridgehead atoms. The fourth-order valence-electron chi connectivity index (χ4n) is 1.61. The Morgan fingerprint density at radius 2 is 2.11 bits per heavy atom. The predicted octanol–water partition coefficient (Wildman–Crippen LogP) is 3.72. The van der Waals surface area contributed by atoms with Gasteiger partial charge in [0.1, 0.15) is 6.61 Å². The summed E-state index contributed by atoms with van der Waals surface area (Å²) in [5, 5.41) is 3.30. The van der Waals surface area contributed by atoms with Crippen LogP contribution in [0.1, 0.15) is 26.3 Å². The molecule has 0 unspecified atom stereocenters. The largest absolute Gasteiger partial charge is 0.490 e. The van der Waals surface area contributed by atoms with Crippen LogP contribution in [-0.2, 0) is 6.54 Å². The van der Waals surface area contributed by atoms with Crippen molar-refractivity contribution >= 4 is 11.6 Å². The highest BCUT2D eigenvalue weighted by molar-refractivity contribution is 6.25. The number of rotatable bonds is 8.